The molecule has 2 atom stereocenters. The minimum atomic E-state index is -0.470. The monoisotopic (exact) mass is 363 g/mol. The highest BCUT2D eigenvalue weighted by molar-refractivity contribution is 5.91. The summed E-state index contributed by atoms with van der Waals surface area (Å²) in [6, 6.07) is 9.75. The second-order valence-corrected chi connectivity index (χ2v) is 6.60. The van der Waals surface area contributed by atoms with E-state index in [1.165, 1.54) is 0 Å². The lowest BCUT2D eigenvalue weighted by atomic mass is 9.90. The van der Waals surface area contributed by atoms with Crippen LogP contribution < -0.4 is 5.32 Å². The van der Waals surface area contributed by atoms with Crippen LogP contribution in [-0.4, -0.2) is 43.7 Å². The van der Waals surface area contributed by atoms with Gasteiger partial charge in [0.05, 0.1) is 26.4 Å². The number of aliphatic hydroxyl groups is 1. The van der Waals surface area contributed by atoms with Gasteiger partial charge in [0.2, 0.25) is 6.29 Å². The first-order valence-electron chi connectivity index (χ1n) is 9.11. The number of allylic oxidation sites excluding steroid dienone is 1. The maximum absolute atomic E-state index is 12.5. The van der Waals surface area contributed by atoms with Gasteiger partial charge in [-0.15, -0.1) is 0 Å². The van der Waals surface area contributed by atoms with E-state index in [4.69, 9.17) is 19.3 Å². The van der Waals surface area contributed by atoms with Crippen LogP contribution in [0.15, 0.2) is 42.2 Å². The third-order valence-electron chi connectivity index (χ3n) is 4.23. The Balaban J connectivity index is 1.88. The number of benzene rings is 1. The molecule has 2 N–H and O–H groups in total. The summed E-state index contributed by atoms with van der Waals surface area (Å²) >= 11 is 0. The molecule has 26 heavy (non-hydrogen) atoms. The Hall–Kier alpha value is -1.89. The zero-order valence-electron chi connectivity index (χ0n) is 15.5. The zero-order valence-corrected chi connectivity index (χ0v) is 15.5. The first kappa shape index (κ1) is 20.4. The first-order chi connectivity index (χ1) is 12.6. The van der Waals surface area contributed by atoms with Crippen molar-refractivity contribution in [2.24, 2.45) is 11.8 Å². The Morgan fingerprint density at radius 2 is 2.04 bits per heavy atom. The lowest BCUT2D eigenvalue weighted by Gasteiger charge is -2.30. The summed E-state index contributed by atoms with van der Waals surface area (Å²) < 4.78 is 16.6. The third-order valence-corrected chi connectivity index (χ3v) is 4.23. The van der Waals surface area contributed by atoms with Crippen LogP contribution in [0.4, 0.5) is 0 Å². The van der Waals surface area contributed by atoms with Crippen LogP contribution >= 0.6 is 0 Å². The van der Waals surface area contributed by atoms with E-state index in [1.807, 2.05) is 36.4 Å². The van der Waals surface area contributed by atoms with E-state index in [2.05, 4.69) is 19.2 Å². The summed E-state index contributed by atoms with van der Waals surface area (Å²) in [6.07, 6.45) is 2.13. The Labute approximate surface area is 155 Å². The Morgan fingerprint density at radius 1 is 1.27 bits per heavy atom. The maximum atomic E-state index is 12.5. The first-order valence-corrected chi connectivity index (χ1v) is 9.11. The molecular weight excluding hydrogens is 334 g/mol. The number of amides is 1. The summed E-state index contributed by atoms with van der Waals surface area (Å²) in [5.41, 5.74) is 1.03. The quantitative estimate of drug-likeness (QED) is 0.624. The van der Waals surface area contributed by atoms with Crippen molar-refractivity contribution in [2.45, 2.75) is 33.1 Å². The highest BCUT2D eigenvalue weighted by Crippen LogP contribution is 2.28. The van der Waals surface area contributed by atoms with E-state index in [0.29, 0.717) is 37.9 Å². The van der Waals surface area contributed by atoms with Gasteiger partial charge in [-0.3, -0.25) is 4.79 Å². The molecule has 6 nitrogen and oxygen atoms in total. The fourth-order valence-electron chi connectivity index (χ4n) is 2.68. The Morgan fingerprint density at radius 3 is 2.73 bits per heavy atom. The second-order valence-electron chi connectivity index (χ2n) is 6.60. The third kappa shape index (κ3) is 6.78. The summed E-state index contributed by atoms with van der Waals surface area (Å²) in [5.74, 6) is 0.675. The lowest BCUT2D eigenvalue weighted by molar-refractivity contribution is -0.155. The van der Waals surface area contributed by atoms with Gasteiger partial charge in [0.1, 0.15) is 0 Å². The van der Waals surface area contributed by atoms with Gasteiger partial charge in [-0.25, -0.2) is 0 Å². The van der Waals surface area contributed by atoms with E-state index in [-0.39, 0.29) is 25.0 Å². The number of rotatable bonds is 10. The lowest BCUT2D eigenvalue weighted by Crippen LogP contribution is -2.34. The smallest absolute Gasteiger partial charge is 0.286 e. The summed E-state index contributed by atoms with van der Waals surface area (Å²) in [7, 11) is 0. The van der Waals surface area contributed by atoms with Gasteiger partial charge < -0.3 is 24.6 Å². The molecule has 1 aromatic rings. The van der Waals surface area contributed by atoms with Crippen molar-refractivity contribution in [3.05, 3.63) is 47.7 Å². The zero-order chi connectivity index (χ0) is 18.8. The molecular formula is C20H29NO5. The van der Waals surface area contributed by atoms with Crippen LogP contribution in [-0.2, 0) is 25.5 Å². The van der Waals surface area contributed by atoms with E-state index < -0.39 is 6.29 Å². The van der Waals surface area contributed by atoms with Crippen molar-refractivity contribution in [3.8, 4) is 0 Å². The predicted octanol–water partition coefficient (Wildman–Crippen LogP) is 2.23. The van der Waals surface area contributed by atoms with Crippen molar-refractivity contribution in [1.29, 1.82) is 0 Å². The number of hydrogen-bond acceptors (Lipinski definition) is 5. The van der Waals surface area contributed by atoms with Crippen LogP contribution in [0.3, 0.4) is 0 Å². The van der Waals surface area contributed by atoms with Crippen LogP contribution in [0, 0.1) is 11.8 Å². The van der Waals surface area contributed by atoms with Crippen molar-refractivity contribution in [3.63, 3.8) is 0 Å². The van der Waals surface area contributed by atoms with E-state index in [1.54, 1.807) is 0 Å². The van der Waals surface area contributed by atoms with Crippen molar-refractivity contribution in [1.82, 2.24) is 5.32 Å². The Kier molecular flexibility index (Phi) is 8.61. The van der Waals surface area contributed by atoms with Gasteiger partial charge >= 0.3 is 0 Å². The van der Waals surface area contributed by atoms with Gasteiger partial charge in [0.15, 0.2) is 5.76 Å². The van der Waals surface area contributed by atoms with Gasteiger partial charge in [-0.05, 0) is 23.5 Å². The molecule has 1 amide bonds. The number of hydrogen-bond donors (Lipinski definition) is 2. The van der Waals surface area contributed by atoms with Gasteiger partial charge in [-0.2, -0.15) is 0 Å². The topological polar surface area (TPSA) is 77.0 Å². The highest BCUT2D eigenvalue weighted by atomic mass is 16.7. The number of aliphatic hydroxyl groups excluding tert-OH is 1. The van der Waals surface area contributed by atoms with Crippen molar-refractivity contribution < 1.29 is 24.1 Å². The molecule has 0 aliphatic carbocycles. The number of ether oxygens (including phenoxy) is 3. The van der Waals surface area contributed by atoms with Gasteiger partial charge in [0, 0.05) is 13.0 Å². The summed E-state index contributed by atoms with van der Waals surface area (Å²) in [4.78, 5) is 12.5. The molecule has 1 aromatic carbocycles. The normalized spacial score (nSPS) is 19.8. The van der Waals surface area contributed by atoms with Gasteiger partial charge in [-0.1, -0.05) is 44.2 Å². The minimum Gasteiger partial charge on any atom is -0.459 e. The average Bonchev–Trinajstić information content (AvgIpc) is 2.66. The molecule has 0 radical (unpaired) electrons. The molecule has 144 valence electrons. The fourth-order valence-corrected chi connectivity index (χ4v) is 2.68. The SMILES string of the molecule is CC(C)[C@@H]1C=C(C(=O)NCc2ccccc2)O[C@H](OCCOCCO)C1. The molecule has 0 bridgehead atoms. The molecule has 0 fully saturated rings. The molecule has 1 heterocycles. The van der Waals surface area contributed by atoms with E-state index in [0.717, 1.165) is 5.56 Å². The molecule has 0 aromatic heterocycles. The molecule has 0 saturated carbocycles. The maximum Gasteiger partial charge on any atom is 0.286 e. The number of nitrogens with one attached hydrogen (secondary N) is 1. The standard InChI is InChI=1S/C20H29NO5/c1-15(2)17-12-18(20(23)21-14-16-6-4-3-5-7-16)26-19(13-17)25-11-10-24-9-8-22/h3-7,12,15,17,19,22H,8-11,13-14H2,1-2H3,(H,21,23)/t17-,19+/m1/s1. The van der Waals surface area contributed by atoms with Crippen LogP contribution in [0.1, 0.15) is 25.8 Å². The Bertz CT molecular complexity index is 573. The van der Waals surface area contributed by atoms with E-state index in [9.17, 15) is 4.79 Å². The molecule has 1 aliphatic heterocycles. The highest BCUT2D eigenvalue weighted by Gasteiger charge is 2.29. The minimum absolute atomic E-state index is 0.0101. The summed E-state index contributed by atoms with van der Waals surface area (Å²) in [6.45, 7) is 5.70. The predicted molar refractivity (Wildman–Crippen MR) is 98.0 cm³/mol. The van der Waals surface area contributed by atoms with Crippen LogP contribution in [0.2, 0.25) is 0 Å². The largest absolute Gasteiger partial charge is 0.459 e. The molecule has 1 aliphatic rings. The molecule has 2 rings (SSSR count). The summed E-state index contributed by atoms with van der Waals surface area (Å²) in [5, 5.41) is 11.6. The second kappa shape index (κ2) is 11.0. The van der Waals surface area contributed by atoms with Crippen LogP contribution in [0.5, 0.6) is 0 Å². The molecule has 0 saturated heterocycles. The molecule has 0 spiro atoms. The van der Waals surface area contributed by atoms with Crippen molar-refractivity contribution >= 4 is 5.91 Å². The van der Waals surface area contributed by atoms with Gasteiger partial charge in [0.25, 0.3) is 5.91 Å². The number of carbonyl (C=O) groups is 1. The molecule has 6 heteroatoms. The van der Waals surface area contributed by atoms with E-state index >= 15 is 0 Å². The average molecular weight is 363 g/mol. The van der Waals surface area contributed by atoms with Crippen molar-refractivity contribution in [2.75, 3.05) is 26.4 Å². The fraction of sp³-hybridized carbons (Fsp3) is 0.550. The van der Waals surface area contributed by atoms with Crippen LogP contribution in [0.25, 0.3) is 0 Å². The molecule has 0 unspecified atom stereocenters. The number of carbonyl (C=O) groups excluding carboxylic acids is 1.